The molecule has 7 heteroatoms. The van der Waals surface area contributed by atoms with E-state index in [9.17, 15) is 4.79 Å². The van der Waals surface area contributed by atoms with Gasteiger partial charge in [-0.15, -0.1) is 0 Å². The van der Waals surface area contributed by atoms with Crippen molar-refractivity contribution in [2.75, 3.05) is 19.6 Å². The summed E-state index contributed by atoms with van der Waals surface area (Å²) < 4.78 is 0. The number of carbonyl (C=O) groups is 1. The Bertz CT molecular complexity index is 207. The van der Waals surface area contributed by atoms with E-state index in [4.69, 9.17) is 22.6 Å². The minimum Gasteiger partial charge on any atom is -0.370 e. The topological polar surface area (TPSA) is 143 Å². The first-order valence-corrected chi connectivity index (χ1v) is 4.89. The normalized spacial score (nSPS) is 11.9. The minimum absolute atomic E-state index is 0.0730. The van der Waals surface area contributed by atoms with Crippen molar-refractivity contribution in [3.8, 4) is 0 Å². The third-order valence-electron chi connectivity index (χ3n) is 1.79. The minimum atomic E-state index is -0.523. The van der Waals surface area contributed by atoms with Crippen molar-refractivity contribution in [2.45, 2.75) is 18.9 Å². The van der Waals surface area contributed by atoms with Crippen molar-refractivity contribution in [1.29, 1.82) is 5.41 Å². The molecule has 7 nitrogen and oxygen atoms in total. The molecule has 1 amide bonds. The number of guanidine groups is 1. The Morgan fingerprint density at radius 1 is 1.33 bits per heavy atom. The highest BCUT2D eigenvalue weighted by molar-refractivity contribution is 5.81. The quantitative estimate of drug-likeness (QED) is 0.160. The second-order valence-electron chi connectivity index (χ2n) is 3.17. The van der Waals surface area contributed by atoms with E-state index in [2.05, 4.69) is 10.6 Å². The molecular weight excluding hydrogens is 196 g/mol. The number of hydrogen-bond acceptors (Lipinski definition) is 4. The summed E-state index contributed by atoms with van der Waals surface area (Å²) in [6, 6.07) is -0.523. The Hall–Kier alpha value is -1.34. The van der Waals surface area contributed by atoms with E-state index in [1.165, 1.54) is 0 Å². The lowest BCUT2D eigenvalue weighted by Crippen LogP contribution is -2.42. The molecule has 15 heavy (non-hydrogen) atoms. The molecule has 0 aliphatic rings. The molecule has 1 atom stereocenters. The number of amides is 1. The number of nitrogens with one attached hydrogen (secondary N) is 3. The second kappa shape index (κ2) is 8.01. The Labute approximate surface area is 89.3 Å². The van der Waals surface area contributed by atoms with Crippen molar-refractivity contribution in [1.82, 2.24) is 10.6 Å². The first-order valence-electron chi connectivity index (χ1n) is 4.89. The van der Waals surface area contributed by atoms with Gasteiger partial charge < -0.3 is 27.8 Å². The van der Waals surface area contributed by atoms with Crippen LogP contribution in [-0.2, 0) is 4.79 Å². The fraction of sp³-hybridized carbons (Fsp3) is 0.750. The van der Waals surface area contributed by atoms with Gasteiger partial charge in [0.2, 0.25) is 5.91 Å². The summed E-state index contributed by atoms with van der Waals surface area (Å²) in [6.07, 6.45) is 1.24. The van der Waals surface area contributed by atoms with E-state index in [0.717, 1.165) is 0 Å². The Kier molecular flexibility index (Phi) is 7.29. The number of nitrogens with two attached hydrogens (primary N) is 3. The Morgan fingerprint density at radius 3 is 2.53 bits per heavy atom. The SMILES string of the molecule is N=C(N)NCCC[C@H](N)C(=O)NCCN. The molecule has 0 unspecified atom stereocenters. The third-order valence-corrected chi connectivity index (χ3v) is 1.79. The van der Waals surface area contributed by atoms with Gasteiger partial charge in [0.25, 0.3) is 0 Å². The maximum atomic E-state index is 11.3. The van der Waals surface area contributed by atoms with E-state index >= 15 is 0 Å². The second-order valence-corrected chi connectivity index (χ2v) is 3.17. The molecule has 0 aliphatic carbocycles. The van der Waals surface area contributed by atoms with Crippen LogP contribution in [-0.4, -0.2) is 37.5 Å². The van der Waals surface area contributed by atoms with E-state index in [-0.39, 0.29) is 11.9 Å². The molecule has 0 radical (unpaired) electrons. The molecule has 0 spiro atoms. The molecule has 0 aliphatic heterocycles. The smallest absolute Gasteiger partial charge is 0.236 e. The van der Waals surface area contributed by atoms with Crippen LogP contribution in [0.2, 0.25) is 0 Å². The zero-order valence-corrected chi connectivity index (χ0v) is 8.75. The number of carbonyl (C=O) groups excluding carboxylic acids is 1. The standard InChI is InChI=1S/C8H20N6O/c9-3-5-13-7(15)6(10)2-1-4-14-8(11)12/h6H,1-5,9-10H2,(H,13,15)(H4,11,12,14)/t6-/m0/s1. The number of hydrogen-bond donors (Lipinski definition) is 6. The van der Waals surface area contributed by atoms with Crippen molar-refractivity contribution >= 4 is 11.9 Å². The van der Waals surface area contributed by atoms with Gasteiger partial charge in [-0.05, 0) is 12.8 Å². The van der Waals surface area contributed by atoms with Crippen molar-refractivity contribution in [2.24, 2.45) is 17.2 Å². The highest BCUT2D eigenvalue weighted by Gasteiger charge is 2.11. The van der Waals surface area contributed by atoms with Crippen LogP contribution < -0.4 is 27.8 Å². The van der Waals surface area contributed by atoms with Crippen molar-refractivity contribution in [3.63, 3.8) is 0 Å². The van der Waals surface area contributed by atoms with Gasteiger partial charge >= 0.3 is 0 Å². The zero-order chi connectivity index (χ0) is 11.7. The van der Waals surface area contributed by atoms with Crippen LogP contribution in [0.25, 0.3) is 0 Å². The van der Waals surface area contributed by atoms with Gasteiger partial charge in [-0.1, -0.05) is 0 Å². The summed E-state index contributed by atoms with van der Waals surface area (Å²) in [5, 5.41) is 12.1. The molecule has 0 aromatic rings. The highest BCUT2D eigenvalue weighted by atomic mass is 16.2. The summed E-state index contributed by atoms with van der Waals surface area (Å²) >= 11 is 0. The largest absolute Gasteiger partial charge is 0.370 e. The average molecular weight is 216 g/mol. The molecule has 0 aromatic heterocycles. The van der Waals surface area contributed by atoms with E-state index in [1.807, 2.05) is 0 Å². The zero-order valence-electron chi connectivity index (χ0n) is 8.75. The Morgan fingerprint density at radius 2 is 2.00 bits per heavy atom. The van der Waals surface area contributed by atoms with Gasteiger partial charge in [0.05, 0.1) is 6.04 Å². The molecule has 9 N–H and O–H groups in total. The molecule has 0 bridgehead atoms. The molecule has 0 saturated carbocycles. The van der Waals surface area contributed by atoms with Crippen LogP contribution in [0.3, 0.4) is 0 Å². The maximum absolute atomic E-state index is 11.3. The van der Waals surface area contributed by atoms with Crippen LogP contribution in [0.15, 0.2) is 0 Å². The maximum Gasteiger partial charge on any atom is 0.236 e. The molecule has 0 saturated heterocycles. The Balaban J connectivity index is 3.50. The van der Waals surface area contributed by atoms with Crippen LogP contribution in [0, 0.1) is 5.41 Å². The molecular formula is C8H20N6O. The molecule has 0 rings (SSSR count). The van der Waals surface area contributed by atoms with Crippen LogP contribution in [0.5, 0.6) is 0 Å². The van der Waals surface area contributed by atoms with Gasteiger partial charge in [0, 0.05) is 19.6 Å². The summed E-state index contributed by atoms with van der Waals surface area (Å²) in [7, 11) is 0. The summed E-state index contributed by atoms with van der Waals surface area (Å²) in [4.78, 5) is 11.3. The predicted molar refractivity (Wildman–Crippen MR) is 59.2 cm³/mol. The van der Waals surface area contributed by atoms with Gasteiger partial charge in [-0.2, -0.15) is 0 Å². The fourth-order valence-electron chi connectivity index (χ4n) is 1.00. The highest BCUT2D eigenvalue weighted by Crippen LogP contribution is 1.93. The molecule has 0 fully saturated rings. The summed E-state index contributed by atoms with van der Waals surface area (Å²) in [6.45, 7) is 1.40. The fourth-order valence-corrected chi connectivity index (χ4v) is 1.00. The van der Waals surface area contributed by atoms with Crippen LogP contribution in [0.4, 0.5) is 0 Å². The van der Waals surface area contributed by atoms with E-state index < -0.39 is 6.04 Å². The van der Waals surface area contributed by atoms with Crippen molar-refractivity contribution in [3.05, 3.63) is 0 Å². The first kappa shape index (κ1) is 13.7. The van der Waals surface area contributed by atoms with Crippen LogP contribution >= 0.6 is 0 Å². The van der Waals surface area contributed by atoms with E-state index in [0.29, 0.717) is 32.5 Å². The third kappa shape index (κ3) is 7.71. The lowest BCUT2D eigenvalue weighted by atomic mass is 10.1. The van der Waals surface area contributed by atoms with Crippen LogP contribution in [0.1, 0.15) is 12.8 Å². The molecule has 0 heterocycles. The summed E-state index contributed by atoms with van der Waals surface area (Å²) in [5.41, 5.74) is 15.9. The van der Waals surface area contributed by atoms with Gasteiger partial charge in [-0.3, -0.25) is 10.2 Å². The summed E-state index contributed by atoms with van der Waals surface area (Å²) in [5.74, 6) is -0.264. The van der Waals surface area contributed by atoms with E-state index in [1.54, 1.807) is 0 Å². The lowest BCUT2D eigenvalue weighted by Gasteiger charge is -2.11. The lowest BCUT2D eigenvalue weighted by molar-refractivity contribution is -0.122. The molecule has 88 valence electrons. The monoisotopic (exact) mass is 216 g/mol. The van der Waals surface area contributed by atoms with Gasteiger partial charge in [0.1, 0.15) is 0 Å². The van der Waals surface area contributed by atoms with Gasteiger partial charge in [0.15, 0.2) is 5.96 Å². The molecule has 0 aromatic carbocycles. The van der Waals surface area contributed by atoms with Gasteiger partial charge in [-0.25, -0.2) is 0 Å². The average Bonchev–Trinajstić information content (AvgIpc) is 2.20. The first-order chi connectivity index (χ1) is 7.07. The number of rotatable bonds is 7. The van der Waals surface area contributed by atoms with Crippen molar-refractivity contribution < 1.29 is 4.79 Å². The predicted octanol–water partition coefficient (Wildman–Crippen LogP) is -2.35.